The van der Waals surface area contributed by atoms with E-state index in [1.165, 1.54) is 6.07 Å². The Labute approximate surface area is 174 Å². The molecule has 0 bridgehead atoms. The van der Waals surface area contributed by atoms with Crippen molar-refractivity contribution in [2.24, 2.45) is 9.98 Å². The molecular formula is C20H12BrCl2N3O. The van der Waals surface area contributed by atoms with E-state index in [-0.39, 0.29) is 10.6 Å². The fourth-order valence-electron chi connectivity index (χ4n) is 2.87. The van der Waals surface area contributed by atoms with Crippen molar-refractivity contribution in [2.45, 2.75) is 6.54 Å². The highest BCUT2D eigenvalue weighted by molar-refractivity contribution is 9.11. The third-order valence-corrected chi connectivity index (χ3v) is 5.17. The number of rotatable bonds is 1. The molecule has 0 atom stereocenters. The zero-order valence-electron chi connectivity index (χ0n) is 13.9. The van der Waals surface area contributed by atoms with Gasteiger partial charge in [0.05, 0.1) is 10.6 Å². The van der Waals surface area contributed by atoms with Crippen LogP contribution >= 0.6 is 39.1 Å². The van der Waals surface area contributed by atoms with Crippen molar-refractivity contribution in [2.75, 3.05) is 0 Å². The van der Waals surface area contributed by atoms with E-state index in [0.717, 1.165) is 15.6 Å². The Morgan fingerprint density at radius 2 is 1.96 bits per heavy atom. The Morgan fingerprint density at radius 3 is 2.78 bits per heavy atom. The lowest BCUT2D eigenvalue weighted by Gasteiger charge is -2.21. The second kappa shape index (κ2) is 7.43. The molecule has 2 heterocycles. The summed E-state index contributed by atoms with van der Waals surface area (Å²) in [6.07, 6.45) is 5.74. The van der Waals surface area contributed by atoms with Gasteiger partial charge in [-0.15, -0.1) is 0 Å². The number of hydrogen-bond donors (Lipinski definition) is 0. The molecule has 0 unspecified atom stereocenters. The minimum absolute atomic E-state index is 0.262. The molecule has 1 amide bonds. The van der Waals surface area contributed by atoms with Crippen molar-refractivity contribution in [1.29, 1.82) is 0 Å². The molecule has 2 aliphatic rings. The van der Waals surface area contributed by atoms with Crippen molar-refractivity contribution in [3.05, 3.63) is 92.0 Å². The Balaban J connectivity index is 1.82. The number of aliphatic imine (C=N–C) groups is 2. The molecule has 0 radical (unpaired) electrons. The second-order valence-electron chi connectivity index (χ2n) is 5.97. The zero-order chi connectivity index (χ0) is 19.0. The summed E-state index contributed by atoms with van der Waals surface area (Å²) in [5.41, 5.74) is 2.13. The first-order valence-electron chi connectivity index (χ1n) is 8.08. The Hall–Kier alpha value is -2.21. The van der Waals surface area contributed by atoms with E-state index in [0.29, 0.717) is 23.2 Å². The largest absolute Gasteiger partial charge is 0.327 e. The first-order valence-corrected chi connectivity index (χ1v) is 9.63. The van der Waals surface area contributed by atoms with Crippen LogP contribution in [-0.2, 0) is 6.54 Å². The lowest BCUT2D eigenvalue weighted by atomic mass is 10.1. The van der Waals surface area contributed by atoms with E-state index >= 15 is 0 Å². The molecular weight excluding hydrogens is 449 g/mol. The standard InChI is InChI=1S/C20H12BrCl2N3O/c21-13-5-8-18-24-19(15-4-2-1-3-12(15)10-26(18)11-13)25-20(27)16-7-6-14(22)9-17(16)23/h1-9,11H,10H2. The van der Waals surface area contributed by atoms with Crippen LogP contribution in [0, 0.1) is 0 Å². The maximum atomic E-state index is 12.7. The van der Waals surface area contributed by atoms with E-state index in [1.807, 2.05) is 47.5 Å². The third-order valence-electron chi connectivity index (χ3n) is 4.15. The van der Waals surface area contributed by atoms with Crippen LogP contribution in [-0.4, -0.2) is 22.5 Å². The normalized spacial score (nSPS) is 17.0. The smallest absolute Gasteiger partial charge is 0.280 e. The quantitative estimate of drug-likeness (QED) is 0.555. The van der Waals surface area contributed by atoms with Gasteiger partial charge in [-0.05, 0) is 51.8 Å². The number of carbonyl (C=O) groups excluding carboxylic acids is 1. The van der Waals surface area contributed by atoms with Gasteiger partial charge in [-0.1, -0.05) is 47.5 Å². The summed E-state index contributed by atoms with van der Waals surface area (Å²) >= 11 is 15.6. The number of benzene rings is 2. The van der Waals surface area contributed by atoms with Crippen LogP contribution in [0.2, 0.25) is 10.0 Å². The Morgan fingerprint density at radius 1 is 1.15 bits per heavy atom. The molecule has 7 heteroatoms. The Bertz CT molecular complexity index is 1070. The summed E-state index contributed by atoms with van der Waals surface area (Å²) in [7, 11) is 0. The molecule has 4 rings (SSSR count). The lowest BCUT2D eigenvalue weighted by Crippen LogP contribution is -2.24. The number of hydrogen-bond acceptors (Lipinski definition) is 2. The molecule has 0 aliphatic carbocycles. The first kappa shape index (κ1) is 18.2. The summed E-state index contributed by atoms with van der Waals surface area (Å²) < 4.78 is 0.948. The fraction of sp³-hybridized carbons (Fsp3) is 0.0500. The minimum atomic E-state index is -0.462. The maximum Gasteiger partial charge on any atom is 0.280 e. The fourth-order valence-corrected chi connectivity index (χ4v) is 3.74. The van der Waals surface area contributed by atoms with Gasteiger partial charge in [-0.3, -0.25) is 4.79 Å². The third kappa shape index (κ3) is 3.76. The molecule has 0 saturated heterocycles. The number of fused-ring (bicyclic) bond motifs is 2. The van der Waals surface area contributed by atoms with Crippen LogP contribution in [0.4, 0.5) is 0 Å². The van der Waals surface area contributed by atoms with E-state index in [9.17, 15) is 4.79 Å². The first-order chi connectivity index (χ1) is 13.0. The number of carbonyl (C=O) groups is 1. The monoisotopic (exact) mass is 459 g/mol. The average molecular weight is 461 g/mol. The average Bonchev–Trinajstić information content (AvgIpc) is 2.78. The number of amides is 1. The predicted octanol–water partition coefficient (Wildman–Crippen LogP) is 5.60. The predicted molar refractivity (Wildman–Crippen MR) is 113 cm³/mol. The van der Waals surface area contributed by atoms with Crippen LogP contribution in [0.25, 0.3) is 0 Å². The van der Waals surface area contributed by atoms with Crippen LogP contribution in [0.15, 0.2) is 75.3 Å². The summed E-state index contributed by atoms with van der Waals surface area (Å²) in [5.74, 6) is 0.606. The Kier molecular flexibility index (Phi) is 5.00. The van der Waals surface area contributed by atoms with Crippen molar-refractivity contribution >= 4 is 56.7 Å². The van der Waals surface area contributed by atoms with Crippen molar-refractivity contribution < 1.29 is 4.79 Å². The molecule has 0 aromatic heterocycles. The van der Waals surface area contributed by atoms with E-state index in [4.69, 9.17) is 23.2 Å². The minimum Gasteiger partial charge on any atom is -0.327 e. The van der Waals surface area contributed by atoms with Crippen LogP contribution in [0.3, 0.4) is 0 Å². The van der Waals surface area contributed by atoms with Crippen LogP contribution in [0.1, 0.15) is 21.5 Å². The summed E-state index contributed by atoms with van der Waals surface area (Å²) in [4.78, 5) is 23.7. The van der Waals surface area contributed by atoms with Gasteiger partial charge in [0, 0.05) is 27.8 Å². The zero-order valence-corrected chi connectivity index (χ0v) is 17.0. The molecule has 4 nitrogen and oxygen atoms in total. The molecule has 0 fully saturated rings. The summed E-state index contributed by atoms with van der Waals surface area (Å²) in [5, 5.41) is 0.724. The van der Waals surface area contributed by atoms with Crippen molar-refractivity contribution in [3.63, 3.8) is 0 Å². The van der Waals surface area contributed by atoms with Crippen LogP contribution in [0.5, 0.6) is 0 Å². The number of nitrogens with zero attached hydrogens (tertiary/aromatic N) is 3. The van der Waals surface area contributed by atoms with Gasteiger partial charge in [-0.2, -0.15) is 4.99 Å². The summed E-state index contributed by atoms with van der Waals surface area (Å²) in [6.45, 7) is 0.628. The molecule has 0 spiro atoms. The van der Waals surface area contributed by atoms with Gasteiger partial charge in [-0.25, -0.2) is 4.99 Å². The van der Waals surface area contributed by atoms with E-state index in [1.54, 1.807) is 12.1 Å². The van der Waals surface area contributed by atoms with Crippen molar-refractivity contribution in [3.8, 4) is 0 Å². The second-order valence-corrected chi connectivity index (χ2v) is 7.73. The van der Waals surface area contributed by atoms with Gasteiger partial charge < -0.3 is 4.90 Å². The SMILES string of the molecule is O=C(N=C1N=C2C=CC(Br)=CN2Cc2ccccc21)c1ccc(Cl)cc1Cl. The molecule has 134 valence electrons. The highest BCUT2D eigenvalue weighted by Crippen LogP contribution is 2.25. The lowest BCUT2D eigenvalue weighted by molar-refractivity contribution is 0.100. The van der Waals surface area contributed by atoms with Gasteiger partial charge in [0.2, 0.25) is 0 Å². The maximum absolute atomic E-state index is 12.7. The summed E-state index contributed by atoms with van der Waals surface area (Å²) in [6, 6.07) is 12.5. The van der Waals surface area contributed by atoms with Gasteiger partial charge >= 0.3 is 0 Å². The molecule has 2 aliphatic heterocycles. The highest BCUT2D eigenvalue weighted by atomic mass is 79.9. The van der Waals surface area contributed by atoms with Gasteiger partial charge in [0.15, 0.2) is 5.84 Å². The molecule has 27 heavy (non-hydrogen) atoms. The molecule has 0 saturated carbocycles. The highest BCUT2D eigenvalue weighted by Gasteiger charge is 2.22. The van der Waals surface area contributed by atoms with Crippen LogP contribution < -0.4 is 0 Å². The number of halogens is 3. The van der Waals surface area contributed by atoms with Gasteiger partial charge in [0.1, 0.15) is 5.84 Å². The number of amidine groups is 2. The van der Waals surface area contributed by atoms with Gasteiger partial charge in [0.25, 0.3) is 5.91 Å². The number of allylic oxidation sites excluding steroid dienone is 2. The van der Waals surface area contributed by atoms with E-state index in [2.05, 4.69) is 25.9 Å². The molecule has 2 aromatic rings. The van der Waals surface area contributed by atoms with Crippen molar-refractivity contribution in [1.82, 2.24) is 4.90 Å². The molecule has 2 aromatic carbocycles. The topological polar surface area (TPSA) is 45.0 Å². The molecule has 0 N–H and O–H groups in total. The van der Waals surface area contributed by atoms with E-state index < -0.39 is 5.91 Å².